The van der Waals surface area contributed by atoms with Crippen molar-refractivity contribution in [3.05, 3.63) is 58.6 Å². The summed E-state index contributed by atoms with van der Waals surface area (Å²) in [5.41, 5.74) is 3.12. The molecule has 0 amide bonds. The summed E-state index contributed by atoms with van der Waals surface area (Å²) >= 11 is 3.44. The van der Waals surface area contributed by atoms with Gasteiger partial charge in [-0.25, -0.2) is 0 Å². The van der Waals surface area contributed by atoms with E-state index in [9.17, 15) is 4.79 Å². The van der Waals surface area contributed by atoms with E-state index in [4.69, 9.17) is 0 Å². The molecular formula is C19H21BrO. The van der Waals surface area contributed by atoms with Gasteiger partial charge in [0, 0.05) is 16.5 Å². The van der Waals surface area contributed by atoms with Crippen molar-refractivity contribution < 1.29 is 4.79 Å². The summed E-state index contributed by atoms with van der Waals surface area (Å²) in [4.78, 5) is 12.2. The molecule has 110 valence electrons. The van der Waals surface area contributed by atoms with Gasteiger partial charge in [0.1, 0.15) is 0 Å². The Balaban J connectivity index is 2.04. The highest BCUT2D eigenvalue weighted by molar-refractivity contribution is 9.10. The summed E-state index contributed by atoms with van der Waals surface area (Å²) in [6.45, 7) is 4.37. The maximum absolute atomic E-state index is 12.2. The smallest absolute Gasteiger partial charge is 0.162 e. The van der Waals surface area contributed by atoms with E-state index in [2.05, 4.69) is 41.9 Å². The first-order valence-electron chi connectivity index (χ1n) is 7.49. The first-order chi connectivity index (χ1) is 10.1. The molecule has 2 aromatic rings. The fourth-order valence-electron chi connectivity index (χ4n) is 2.22. The first-order valence-corrected chi connectivity index (χ1v) is 8.28. The van der Waals surface area contributed by atoms with Gasteiger partial charge in [-0.2, -0.15) is 0 Å². The van der Waals surface area contributed by atoms with Crippen molar-refractivity contribution in [1.82, 2.24) is 0 Å². The Hall–Kier alpha value is -1.41. The average molecular weight is 345 g/mol. The lowest BCUT2D eigenvalue weighted by Crippen LogP contribution is -2.02. The van der Waals surface area contributed by atoms with Crippen molar-refractivity contribution in [3.63, 3.8) is 0 Å². The molecule has 1 nitrogen and oxygen atoms in total. The molecule has 0 bridgehead atoms. The number of ketones is 1. The highest BCUT2D eigenvalue weighted by atomic mass is 79.9. The Morgan fingerprint density at radius 1 is 1.00 bits per heavy atom. The van der Waals surface area contributed by atoms with Gasteiger partial charge in [0.2, 0.25) is 0 Å². The van der Waals surface area contributed by atoms with Crippen LogP contribution in [0.3, 0.4) is 0 Å². The number of carbonyl (C=O) groups is 1. The monoisotopic (exact) mass is 344 g/mol. The van der Waals surface area contributed by atoms with Gasteiger partial charge in [-0.1, -0.05) is 72.6 Å². The van der Waals surface area contributed by atoms with E-state index in [1.54, 1.807) is 0 Å². The van der Waals surface area contributed by atoms with E-state index in [0.717, 1.165) is 34.0 Å². The predicted molar refractivity (Wildman–Crippen MR) is 92.6 cm³/mol. The Kier molecular flexibility index (Phi) is 5.75. The molecule has 21 heavy (non-hydrogen) atoms. The Bertz CT molecular complexity index is 584. The number of rotatable bonds is 6. The highest BCUT2D eigenvalue weighted by Gasteiger charge is 2.08. The molecular weight excluding hydrogens is 324 g/mol. The second-order valence-corrected chi connectivity index (χ2v) is 6.48. The molecule has 0 N–H and O–H groups in total. The summed E-state index contributed by atoms with van der Waals surface area (Å²) in [7, 11) is 0. The van der Waals surface area contributed by atoms with Gasteiger partial charge in [-0.05, 0) is 35.6 Å². The van der Waals surface area contributed by atoms with Gasteiger partial charge in [0.25, 0.3) is 0 Å². The first kappa shape index (κ1) is 16.0. The van der Waals surface area contributed by atoms with Gasteiger partial charge in [-0.15, -0.1) is 0 Å². The van der Waals surface area contributed by atoms with Gasteiger partial charge in [-0.3, -0.25) is 4.79 Å². The summed E-state index contributed by atoms with van der Waals surface area (Å²) in [5, 5.41) is 0. The number of carbonyl (C=O) groups excluding carboxylic acids is 1. The van der Waals surface area contributed by atoms with Gasteiger partial charge < -0.3 is 0 Å². The molecule has 0 heterocycles. The number of hydrogen-bond donors (Lipinski definition) is 0. The van der Waals surface area contributed by atoms with E-state index < -0.39 is 0 Å². The minimum absolute atomic E-state index is 0.248. The largest absolute Gasteiger partial charge is 0.294 e. The molecule has 0 saturated carbocycles. The Labute approximate surface area is 135 Å². The van der Waals surface area contributed by atoms with Crippen molar-refractivity contribution in [1.29, 1.82) is 0 Å². The zero-order valence-corrected chi connectivity index (χ0v) is 14.2. The van der Waals surface area contributed by atoms with Crippen LogP contribution in [-0.4, -0.2) is 5.78 Å². The second-order valence-electron chi connectivity index (χ2n) is 5.56. The van der Waals surface area contributed by atoms with Crippen molar-refractivity contribution in [2.24, 2.45) is 5.92 Å². The molecule has 0 aliphatic heterocycles. The molecule has 0 fully saturated rings. The van der Waals surface area contributed by atoms with E-state index in [1.807, 2.05) is 36.4 Å². The summed E-state index contributed by atoms with van der Waals surface area (Å²) in [5.74, 6) is 0.869. The number of benzene rings is 2. The van der Waals surface area contributed by atoms with Crippen molar-refractivity contribution in [3.8, 4) is 11.1 Å². The topological polar surface area (TPSA) is 17.1 Å². The zero-order valence-electron chi connectivity index (χ0n) is 12.6. The van der Waals surface area contributed by atoms with Gasteiger partial charge >= 0.3 is 0 Å². The molecule has 2 rings (SSSR count). The van der Waals surface area contributed by atoms with E-state index in [0.29, 0.717) is 12.3 Å². The lowest BCUT2D eigenvalue weighted by Gasteiger charge is -2.08. The maximum atomic E-state index is 12.2. The van der Waals surface area contributed by atoms with Gasteiger partial charge in [0.15, 0.2) is 5.78 Å². The molecule has 0 spiro atoms. The van der Waals surface area contributed by atoms with Crippen LogP contribution in [0.5, 0.6) is 0 Å². The van der Waals surface area contributed by atoms with Crippen LogP contribution in [0.1, 0.15) is 43.5 Å². The molecule has 0 aliphatic carbocycles. The summed E-state index contributed by atoms with van der Waals surface area (Å²) in [6, 6.07) is 16.1. The molecule has 1 atom stereocenters. The van der Waals surface area contributed by atoms with Crippen LogP contribution in [0.25, 0.3) is 11.1 Å². The Morgan fingerprint density at radius 2 is 1.52 bits per heavy atom. The minimum Gasteiger partial charge on any atom is -0.294 e. The third kappa shape index (κ3) is 4.53. The fourth-order valence-corrected chi connectivity index (χ4v) is 2.48. The van der Waals surface area contributed by atoms with Gasteiger partial charge in [0.05, 0.1) is 0 Å². The molecule has 0 saturated heterocycles. The summed E-state index contributed by atoms with van der Waals surface area (Å²) in [6.07, 6.45) is 2.76. The van der Waals surface area contributed by atoms with Crippen LogP contribution in [-0.2, 0) is 0 Å². The lowest BCUT2D eigenvalue weighted by atomic mass is 9.97. The number of Topliss-reactive ketones (excluding diaryl/α,β-unsaturated/α-hetero) is 1. The molecule has 0 aromatic heterocycles. The van der Waals surface area contributed by atoms with E-state index in [1.165, 1.54) is 0 Å². The number of halogens is 1. The van der Waals surface area contributed by atoms with Crippen molar-refractivity contribution >= 4 is 21.7 Å². The van der Waals surface area contributed by atoms with Crippen LogP contribution in [0.15, 0.2) is 53.0 Å². The van der Waals surface area contributed by atoms with Crippen LogP contribution < -0.4 is 0 Å². The van der Waals surface area contributed by atoms with Crippen LogP contribution >= 0.6 is 15.9 Å². The molecule has 2 aromatic carbocycles. The molecule has 1 unspecified atom stereocenters. The maximum Gasteiger partial charge on any atom is 0.162 e. The van der Waals surface area contributed by atoms with Crippen LogP contribution in [0, 0.1) is 5.92 Å². The molecule has 2 heteroatoms. The Morgan fingerprint density at radius 3 is 2.05 bits per heavy atom. The predicted octanol–water partition coefficient (Wildman–Crippen LogP) is 6.13. The van der Waals surface area contributed by atoms with Crippen LogP contribution in [0.2, 0.25) is 0 Å². The minimum atomic E-state index is 0.248. The van der Waals surface area contributed by atoms with Crippen molar-refractivity contribution in [2.75, 3.05) is 0 Å². The second kappa shape index (κ2) is 7.56. The zero-order chi connectivity index (χ0) is 15.2. The quantitative estimate of drug-likeness (QED) is 0.576. The fraction of sp³-hybridized carbons (Fsp3) is 0.316. The highest BCUT2D eigenvalue weighted by Crippen LogP contribution is 2.23. The van der Waals surface area contributed by atoms with Crippen molar-refractivity contribution in [2.45, 2.75) is 33.1 Å². The lowest BCUT2D eigenvalue weighted by molar-refractivity contribution is 0.0974. The summed E-state index contributed by atoms with van der Waals surface area (Å²) < 4.78 is 1.07. The third-order valence-corrected chi connectivity index (χ3v) is 4.47. The number of hydrogen-bond acceptors (Lipinski definition) is 1. The molecule has 0 radical (unpaired) electrons. The van der Waals surface area contributed by atoms with E-state index >= 15 is 0 Å². The SMILES string of the molecule is CCC(C)CCC(=O)c1ccc(-c2ccc(Br)cc2)cc1. The average Bonchev–Trinajstić information content (AvgIpc) is 2.53. The van der Waals surface area contributed by atoms with E-state index in [-0.39, 0.29) is 5.78 Å². The normalized spacial score (nSPS) is 12.1. The third-order valence-electron chi connectivity index (χ3n) is 3.95. The molecule has 0 aliphatic rings. The van der Waals surface area contributed by atoms with Crippen LogP contribution in [0.4, 0.5) is 0 Å². The standard InChI is InChI=1S/C19H21BrO/c1-3-14(2)4-13-19(21)17-7-5-15(6-8-17)16-9-11-18(20)12-10-16/h5-12,14H,3-4,13H2,1-2H3.